The van der Waals surface area contributed by atoms with E-state index in [1.54, 1.807) is 55.7 Å². The lowest BCUT2D eigenvalue weighted by Gasteiger charge is -2.23. The second kappa shape index (κ2) is 11.8. The highest BCUT2D eigenvalue weighted by Gasteiger charge is 2.40. The fraction of sp³-hybridized carbons (Fsp3) is 0.269. The van der Waals surface area contributed by atoms with Crippen LogP contribution in [0, 0.1) is 6.92 Å². The molecular formula is C26H24BrFN7O6P. The summed E-state index contributed by atoms with van der Waals surface area (Å²) in [6.45, 7) is 0.950. The van der Waals surface area contributed by atoms with Crippen molar-refractivity contribution in [3.05, 3.63) is 64.9 Å². The van der Waals surface area contributed by atoms with E-state index in [1.165, 1.54) is 4.68 Å². The third kappa shape index (κ3) is 6.59. The van der Waals surface area contributed by atoms with Gasteiger partial charge in [-0.25, -0.2) is 19.3 Å². The zero-order valence-electron chi connectivity index (χ0n) is 22.0. The molecule has 2 amide bonds. The number of ketones is 1. The van der Waals surface area contributed by atoms with E-state index in [9.17, 15) is 33.1 Å². The molecule has 3 N–H and O–H groups in total. The first-order valence-electron chi connectivity index (χ1n) is 12.6. The van der Waals surface area contributed by atoms with E-state index in [2.05, 4.69) is 41.3 Å². The summed E-state index contributed by atoms with van der Waals surface area (Å²) in [6, 6.07) is 8.67. The minimum atomic E-state index is -4.72. The molecule has 0 aliphatic carbocycles. The molecule has 1 aliphatic heterocycles. The largest absolute Gasteiger partial charge is 0.333 e. The maximum atomic E-state index is 14.5. The van der Waals surface area contributed by atoms with Crippen molar-refractivity contribution in [1.82, 2.24) is 29.6 Å². The van der Waals surface area contributed by atoms with Crippen LogP contribution in [0.2, 0.25) is 0 Å². The molecule has 0 unspecified atom stereocenters. The molecular weight excluding hydrogens is 636 g/mol. The Morgan fingerprint density at radius 2 is 1.88 bits per heavy atom. The van der Waals surface area contributed by atoms with Crippen LogP contribution in [-0.4, -0.2) is 81.9 Å². The summed E-state index contributed by atoms with van der Waals surface area (Å²) < 4.78 is 27.8. The van der Waals surface area contributed by atoms with Crippen LogP contribution in [0.25, 0.3) is 22.0 Å². The first-order chi connectivity index (χ1) is 19.9. The van der Waals surface area contributed by atoms with E-state index in [0.717, 1.165) is 4.90 Å². The number of Topliss-reactive ketones (excluding diaryl/α,β-unsaturated/α-hetero) is 1. The number of aromatic nitrogens is 5. The van der Waals surface area contributed by atoms with Gasteiger partial charge in [-0.1, -0.05) is 12.1 Å². The number of hydrogen-bond acceptors (Lipinski definition) is 8. The highest BCUT2D eigenvalue weighted by atomic mass is 79.9. The van der Waals surface area contributed by atoms with Gasteiger partial charge < -0.3 is 20.0 Å². The number of hydrogen-bond donors (Lipinski definition) is 3. The number of benzene rings is 1. The van der Waals surface area contributed by atoms with Gasteiger partial charge in [0.1, 0.15) is 46.9 Å². The van der Waals surface area contributed by atoms with Crippen LogP contribution < -0.4 is 5.32 Å². The molecule has 1 fully saturated rings. The topological polar surface area (TPSA) is 180 Å². The first-order valence-corrected chi connectivity index (χ1v) is 15.2. The predicted octanol–water partition coefficient (Wildman–Crippen LogP) is 2.90. The molecule has 4 heterocycles. The van der Waals surface area contributed by atoms with Gasteiger partial charge in [-0.05, 0) is 52.7 Å². The van der Waals surface area contributed by atoms with Crippen LogP contribution in [0.1, 0.15) is 22.7 Å². The van der Waals surface area contributed by atoms with E-state index in [1.807, 2.05) is 0 Å². The molecule has 1 aliphatic rings. The van der Waals surface area contributed by atoms with Gasteiger partial charge in [0.25, 0.3) is 0 Å². The number of pyridine rings is 1. The number of rotatable bonds is 8. The standard InChI is InChI=1S/C26H24BrFN7O6P/c1-14-29-9-16(10-30-14)15-5-6-19-18(7-15)25(21(36)13-42(39,40)41)33-35(19)12-24(37)34-11-17(28)8-20(34)26(38)32-23-4-2-3-22(27)31-23/h2-7,9-10,17,20H,8,11-13H2,1H3,(H,31,32,38)(H2,39,40,41)/t17-,20+/m1/s1. The van der Waals surface area contributed by atoms with Crippen molar-refractivity contribution in [2.45, 2.75) is 32.1 Å². The summed E-state index contributed by atoms with van der Waals surface area (Å²) in [5, 5.41) is 7.08. The number of aryl methyl sites for hydroxylation is 1. The smallest absolute Gasteiger partial charge is 0.326 e. The Morgan fingerprint density at radius 1 is 1.14 bits per heavy atom. The van der Waals surface area contributed by atoms with E-state index >= 15 is 0 Å². The maximum absolute atomic E-state index is 14.5. The summed E-state index contributed by atoms with van der Waals surface area (Å²) in [7, 11) is -4.72. The van der Waals surface area contributed by atoms with Crippen LogP contribution in [0.4, 0.5) is 10.2 Å². The van der Waals surface area contributed by atoms with E-state index in [-0.39, 0.29) is 29.9 Å². The van der Waals surface area contributed by atoms with Gasteiger partial charge in [0, 0.05) is 29.8 Å². The molecule has 218 valence electrons. The van der Waals surface area contributed by atoms with Crippen molar-refractivity contribution in [2.75, 3.05) is 18.0 Å². The number of carbonyl (C=O) groups is 3. The number of fused-ring (bicyclic) bond motifs is 1. The number of carbonyl (C=O) groups excluding carboxylic acids is 3. The molecule has 16 heteroatoms. The van der Waals surface area contributed by atoms with Gasteiger partial charge in [0.15, 0.2) is 5.78 Å². The Labute approximate surface area is 246 Å². The van der Waals surface area contributed by atoms with Crippen LogP contribution in [-0.2, 0) is 20.7 Å². The van der Waals surface area contributed by atoms with E-state index < -0.39 is 50.1 Å². The minimum absolute atomic E-state index is 0.209. The molecule has 13 nitrogen and oxygen atoms in total. The number of likely N-dealkylation sites (tertiary alicyclic amines) is 1. The van der Waals surface area contributed by atoms with Crippen molar-refractivity contribution < 1.29 is 33.1 Å². The van der Waals surface area contributed by atoms with Crippen LogP contribution in [0.5, 0.6) is 0 Å². The molecule has 0 saturated carbocycles. The van der Waals surface area contributed by atoms with Crippen LogP contribution >= 0.6 is 23.5 Å². The van der Waals surface area contributed by atoms with Crippen LogP contribution in [0.3, 0.4) is 0 Å². The van der Waals surface area contributed by atoms with E-state index in [0.29, 0.717) is 27.1 Å². The number of halogens is 2. The van der Waals surface area contributed by atoms with Crippen molar-refractivity contribution >= 4 is 57.8 Å². The second-order valence-corrected chi connectivity index (χ2v) is 12.2. The number of anilines is 1. The van der Waals surface area contributed by atoms with Crippen molar-refractivity contribution in [3.8, 4) is 11.1 Å². The average molecular weight is 660 g/mol. The summed E-state index contributed by atoms with van der Waals surface area (Å²) in [5.74, 6) is -1.37. The fourth-order valence-corrected chi connectivity index (χ4v) is 5.57. The Kier molecular flexibility index (Phi) is 8.28. The molecule has 5 rings (SSSR count). The molecule has 0 radical (unpaired) electrons. The Hall–Kier alpha value is -3.91. The van der Waals surface area contributed by atoms with Gasteiger partial charge in [0.2, 0.25) is 11.8 Å². The number of alkyl halides is 1. The highest BCUT2D eigenvalue weighted by molar-refractivity contribution is 9.10. The van der Waals surface area contributed by atoms with Crippen molar-refractivity contribution in [3.63, 3.8) is 0 Å². The van der Waals surface area contributed by atoms with Gasteiger partial charge in [-0.3, -0.25) is 23.6 Å². The monoisotopic (exact) mass is 659 g/mol. The van der Waals surface area contributed by atoms with Gasteiger partial charge in [-0.2, -0.15) is 5.10 Å². The number of amides is 2. The molecule has 2 atom stereocenters. The fourth-order valence-electron chi connectivity index (χ4n) is 4.70. The Balaban J connectivity index is 1.45. The lowest BCUT2D eigenvalue weighted by molar-refractivity contribution is -0.137. The summed E-state index contributed by atoms with van der Waals surface area (Å²) in [6.07, 6.45) is 0.453. The molecule has 42 heavy (non-hydrogen) atoms. The molecule has 0 bridgehead atoms. The average Bonchev–Trinajstić information content (AvgIpc) is 3.49. The third-order valence-electron chi connectivity index (χ3n) is 6.60. The Morgan fingerprint density at radius 3 is 2.57 bits per heavy atom. The van der Waals surface area contributed by atoms with E-state index in [4.69, 9.17) is 0 Å². The number of nitrogens with zero attached hydrogens (tertiary/aromatic N) is 6. The highest BCUT2D eigenvalue weighted by Crippen LogP contribution is 2.36. The lowest BCUT2D eigenvalue weighted by Crippen LogP contribution is -2.44. The lowest BCUT2D eigenvalue weighted by atomic mass is 10.0. The first kappa shape index (κ1) is 29.6. The molecule has 4 aromatic rings. The SMILES string of the molecule is Cc1ncc(-c2ccc3c(c2)c(C(=O)CP(=O)(O)O)nn3CC(=O)N2C[C@H](F)C[C@H]2C(=O)Nc2cccc(Br)n2)cn1. The zero-order chi connectivity index (χ0) is 30.2. The second-order valence-electron chi connectivity index (χ2n) is 9.73. The number of nitrogens with one attached hydrogen (secondary N) is 1. The zero-order valence-corrected chi connectivity index (χ0v) is 24.5. The van der Waals surface area contributed by atoms with Gasteiger partial charge >= 0.3 is 7.60 Å². The summed E-state index contributed by atoms with van der Waals surface area (Å²) >= 11 is 3.22. The van der Waals surface area contributed by atoms with Gasteiger partial charge in [-0.15, -0.1) is 0 Å². The minimum Gasteiger partial charge on any atom is -0.326 e. The molecule has 3 aromatic heterocycles. The van der Waals surface area contributed by atoms with Crippen molar-refractivity contribution in [2.24, 2.45) is 0 Å². The van der Waals surface area contributed by atoms with Gasteiger partial charge in [0.05, 0.1) is 12.1 Å². The quantitative estimate of drug-likeness (QED) is 0.145. The molecule has 0 spiro atoms. The maximum Gasteiger partial charge on any atom is 0.333 e. The normalized spacial score (nSPS) is 17.0. The molecule has 1 aromatic carbocycles. The Bertz CT molecular complexity index is 1740. The molecule has 1 saturated heterocycles. The van der Waals surface area contributed by atoms with Crippen molar-refractivity contribution in [1.29, 1.82) is 0 Å². The van der Waals surface area contributed by atoms with Crippen LogP contribution in [0.15, 0.2) is 53.4 Å². The summed E-state index contributed by atoms with van der Waals surface area (Å²) in [4.78, 5) is 71.7. The third-order valence-corrected chi connectivity index (χ3v) is 7.74. The summed E-state index contributed by atoms with van der Waals surface area (Å²) in [5.41, 5.74) is 1.32. The predicted molar refractivity (Wildman–Crippen MR) is 152 cm³/mol.